The molecule has 10 aromatic carbocycles. The van der Waals surface area contributed by atoms with Crippen LogP contribution in [0.2, 0.25) is 0 Å². The van der Waals surface area contributed by atoms with Gasteiger partial charge in [-0.15, -0.1) is 0 Å². The van der Waals surface area contributed by atoms with E-state index in [0.717, 1.165) is 0 Å². The highest BCUT2D eigenvalue weighted by Crippen LogP contribution is 2.55. The van der Waals surface area contributed by atoms with E-state index in [1.54, 1.807) is 0 Å². The van der Waals surface area contributed by atoms with Crippen molar-refractivity contribution in [2.75, 3.05) is 0 Å². The molecule has 0 fully saturated rings. The summed E-state index contributed by atoms with van der Waals surface area (Å²) in [6, 6.07) is 72.4. The van der Waals surface area contributed by atoms with E-state index in [-0.39, 0.29) is 10.8 Å². The Morgan fingerprint density at radius 2 is 0.433 bits per heavy atom. The molecule has 0 bridgehead atoms. The second-order valence-corrected chi connectivity index (χ2v) is 18.5. The van der Waals surface area contributed by atoms with Gasteiger partial charge in [0.1, 0.15) is 0 Å². The topological polar surface area (TPSA) is 0 Å². The van der Waals surface area contributed by atoms with E-state index in [4.69, 9.17) is 0 Å². The van der Waals surface area contributed by atoms with Gasteiger partial charge in [-0.3, -0.25) is 0 Å². The zero-order valence-corrected chi connectivity index (χ0v) is 35.5. The van der Waals surface area contributed by atoms with Crippen molar-refractivity contribution in [3.05, 3.63) is 205 Å². The Morgan fingerprint density at radius 1 is 0.233 bits per heavy atom. The molecule has 0 aliphatic heterocycles. The molecule has 290 valence electrons. The van der Waals surface area contributed by atoms with Crippen LogP contribution in [-0.4, -0.2) is 0 Å². The second kappa shape index (κ2) is 14.5. The Balaban J connectivity index is 1.43. The molecule has 0 aliphatic rings. The minimum atomic E-state index is -0.101. The average Bonchev–Trinajstić information content (AvgIpc) is 3.28. The monoisotopic (exact) mass is 770 g/mol. The van der Waals surface area contributed by atoms with Crippen molar-refractivity contribution in [3.8, 4) is 66.8 Å². The minimum absolute atomic E-state index is 0.101. The molecule has 0 saturated heterocycles. The predicted octanol–water partition coefficient (Wildman–Crippen LogP) is 17.2. The largest absolute Gasteiger partial charge is 0.0622 e. The Hall–Kier alpha value is -6.76. The predicted molar refractivity (Wildman–Crippen MR) is 260 cm³/mol. The van der Waals surface area contributed by atoms with Gasteiger partial charge in [0.05, 0.1) is 0 Å². The van der Waals surface area contributed by atoms with Gasteiger partial charge in [-0.1, -0.05) is 211 Å². The van der Waals surface area contributed by atoms with E-state index in [2.05, 4.69) is 236 Å². The standard InChI is InChI=1S/C60H50/c1-59(2,3)47-35-49-53(43-23-15-9-16-24-43)56(46-33-29-42(30-34-46)40-21-13-8-14-22-40)52-38-48(60(4,5)6)36-50-54(44-25-17-10-18-26-44)55(51(37-47)57(49)58(50)52)45-31-27-41(28-32-45)39-19-11-7-12-20-39/h7-38H,1-6H3. The van der Waals surface area contributed by atoms with Crippen LogP contribution in [0.25, 0.3) is 99.1 Å². The number of rotatable bonds is 6. The fourth-order valence-corrected chi connectivity index (χ4v) is 9.35. The van der Waals surface area contributed by atoms with E-state index >= 15 is 0 Å². The van der Waals surface area contributed by atoms with Crippen LogP contribution in [0.15, 0.2) is 194 Å². The number of hydrogen-bond donors (Lipinski definition) is 0. The van der Waals surface area contributed by atoms with E-state index in [1.807, 2.05) is 0 Å². The van der Waals surface area contributed by atoms with Gasteiger partial charge in [0.15, 0.2) is 0 Å². The third-order valence-electron chi connectivity index (χ3n) is 12.5. The van der Waals surface area contributed by atoms with Crippen LogP contribution in [0.3, 0.4) is 0 Å². The fraction of sp³-hybridized carbons (Fsp3) is 0.133. The number of benzene rings is 10. The molecule has 0 heteroatoms. The Morgan fingerprint density at radius 3 is 0.683 bits per heavy atom. The summed E-state index contributed by atoms with van der Waals surface area (Å²) in [5, 5.41) is 7.86. The van der Waals surface area contributed by atoms with Crippen molar-refractivity contribution in [3.63, 3.8) is 0 Å². The summed E-state index contributed by atoms with van der Waals surface area (Å²) in [6.45, 7) is 14.1. The maximum Gasteiger partial charge on any atom is -0.00132 e. The van der Waals surface area contributed by atoms with Gasteiger partial charge in [0, 0.05) is 0 Å². The molecular formula is C60H50. The SMILES string of the molecule is CC(C)(C)c1cc2c(-c3ccccc3)c(-c3ccc(-c4ccccc4)cc3)c3cc(C(C)(C)C)cc4c(-c5ccccc5)c(-c5ccc(-c6ccccc6)cc5)c(c1)c2c43. The molecule has 0 nitrogen and oxygen atoms in total. The quantitative estimate of drug-likeness (QED) is 0.148. The maximum absolute atomic E-state index is 2.52. The van der Waals surface area contributed by atoms with Crippen LogP contribution in [-0.2, 0) is 10.8 Å². The molecule has 0 amide bonds. The molecule has 0 saturated carbocycles. The Bertz CT molecular complexity index is 2910. The first kappa shape index (κ1) is 37.5. The van der Waals surface area contributed by atoms with Crippen LogP contribution in [0.4, 0.5) is 0 Å². The molecule has 0 spiro atoms. The first-order valence-corrected chi connectivity index (χ1v) is 21.3. The van der Waals surface area contributed by atoms with Crippen LogP contribution in [0, 0.1) is 0 Å². The third-order valence-corrected chi connectivity index (χ3v) is 12.5. The second-order valence-electron chi connectivity index (χ2n) is 18.5. The molecule has 10 aromatic rings. The molecule has 0 N–H and O–H groups in total. The lowest BCUT2D eigenvalue weighted by atomic mass is 9.73. The van der Waals surface area contributed by atoms with Gasteiger partial charge in [-0.25, -0.2) is 0 Å². The maximum atomic E-state index is 2.52. The van der Waals surface area contributed by atoms with Crippen LogP contribution in [0.5, 0.6) is 0 Å². The molecule has 0 aliphatic carbocycles. The lowest BCUT2D eigenvalue weighted by Crippen LogP contribution is -2.13. The van der Waals surface area contributed by atoms with E-state index in [0.29, 0.717) is 0 Å². The number of hydrogen-bond acceptors (Lipinski definition) is 0. The smallest absolute Gasteiger partial charge is 0.00132 e. The van der Waals surface area contributed by atoms with Gasteiger partial charge in [0.2, 0.25) is 0 Å². The van der Waals surface area contributed by atoms with Crippen molar-refractivity contribution in [1.82, 2.24) is 0 Å². The normalized spacial score (nSPS) is 12.2. The minimum Gasteiger partial charge on any atom is -0.0622 e. The van der Waals surface area contributed by atoms with Crippen LogP contribution in [0.1, 0.15) is 52.7 Å². The summed E-state index contributed by atoms with van der Waals surface area (Å²) < 4.78 is 0. The van der Waals surface area contributed by atoms with Gasteiger partial charge in [-0.05, 0) is 145 Å². The summed E-state index contributed by atoms with van der Waals surface area (Å²) in [5.74, 6) is 0. The van der Waals surface area contributed by atoms with E-state index in [9.17, 15) is 0 Å². The zero-order chi connectivity index (χ0) is 41.2. The lowest BCUT2D eigenvalue weighted by molar-refractivity contribution is 0.591. The molecular weight excluding hydrogens is 721 g/mol. The van der Waals surface area contributed by atoms with Gasteiger partial charge in [-0.2, -0.15) is 0 Å². The third kappa shape index (κ3) is 6.48. The first-order valence-electron chi connectivity index (χ1n) is 21.3. The van der Waals surface area contributed by atoms with Crippen molar-refractivity contribution in [2.45, 2.75) is 52.4 Å². The summed E-state index contributed by atoms with van der Waals surface area (Å²) >= 11 is 0. The lowest BCUT2D eigenvalue weighted by Gasteiger charge is -2.30. The highest BCUT2D eigenvalue weighted by molar-refractivity contribution is 6.36. The molecule has 10 rings (SSSR count). The molecule has 0 atom stereocenters. The first-order chi connectivity index (χ1) is 29.0. The fourth-order valence-electron chi connectivity index (χ4n) is 9.35. The molecule has 0 heterocycles. The summed E-state index contributed by atoms with van der Waals surface area (Å²) in [6.07, 6.45) is 0. The van der Waals surface area contributed by atoms with Gasteiger partial charge < -0.3 is 0 Å². The summed E-state index contributed by atoms with van der Waals surface area (Å²) in [5.41, 5.74) is 17.4. The van der Waals surface area contributed by atoms with Crippen molar-refractivity contribution >= 4 is 32.3 Å². The van der Waals surface area contributed by atoms with Crippen molar-refractivity contribution < 1.29 is 0 Å². The van der Waals surface area contributed by atoms with Crippen molar-refractivity contribution in [2.24, 2.45) is 0 Å². The average molecular weight is 771 g/mol. The molecule has 0 unspecified atom stereocenters. The van der Waals surface area contributed by atoms with Crippen molar-refractivity contribution in [1.29, 1.82) is 0 Å². The van der Waals surface area contributed by atoms with Gasteiger partial charge in [0.25, 0.3) is 0 Å². The molecule has 0 radical (unpaired) electrons. The highest BCUT2D eigenvalue weighted by atomic mass is 14.3. The van der Waals surface area contributed by atoms with Crippen LogP contribution >= 0.6 is 0 Å². The van der Waals surface area contributed by atoms with E-state index in [1.165, 1.54) is 110 Å². The highest BCUT2D eigenvalue weighted by Gasteiger charge is 2.29. The Labute approximate surface area is 355 Å². The van der Waals surface area contributed by atoms with Crippen LogP contribution < -0.4 is 0 Å². The van der Waals surface area contributed by atoms with Gasteiger partial charge >= 0.3 is 0 Å². The summed E-state index contributed by atoms with van der Waals surface area (Å²) in [4.78, 5) is 0. The zero-order valence-electron chi connectivity index (χ0n) is 35.5. The Kier molecular flexibility index (Phi) is 9.07. The van der Waals surface area contributed by atoms with E-state index < -0.39 is 0 Å². The molecule has 0 aromatic heterocycles. The summed E-state index contributed by atoms with van der Waals surface area (Å²) in [7, 11) is 0. The molecule has 60 heavy (non-hydrogen) atoms.